The van der Waals surface area contributed by atoms with Crippen molar-refractivity contribution in [1.82, 2.24) is 9.88 Å². The Bertz CT molecular complexity index is 884. The predicted molar refractivity (Wildman–Crippen MR) is 91.2 cm³/mol. The summed E-state index contributed by atoms with van der Waals surface area (Å²) in [6.45, 7) is 3.69. The lowest BCUT2D eigenvalue weighted by molar-refractivity contribution is 0.0900. The number of amides is 1. The third-order valence-electron chi connectivity index (χ3n) is 4.07. The molecular weight excluding hydrogens is 323 g/mol. The lowest BCUT2D eigenvalue weighted by atomic mass is 10.2. The highest BCUT2D eigenvalue weighted by Gasteiger charge is 2.18. The Morgan fingerprint density at radius 3 is 2.76 bits per heavy atom. The number of carbonyl (C=O) groups is 1. The van der Waals surface area contributed by atoms with Crippen molar-refractivity contribution in [1.29, 1.82) is 0 Å². The van der Waals surface area contributed by atoms with E-state index in [1.165, 1.54) is 18.4 Å². The molecule has 1 unspecified atom stereocenters. The van der Waals surface area contributed by atoms with E-state index in [9.17, 15) is 14.3 Å². The van der Waals surface area contributed by atoms with Crippen molar-refractivity contribution in [2.75, 3.05) is 6.54 Å². The number of nitrogens with one attached hydrogen (secondary N) is 1. The molecule has 3 aromatic rings. The second-order valence-electron chi connectivity index (χ2n) is 5.84. The number of hydrogen-bond donors (Lipinski definition) is 2. The van der Waals surface area contributed by atoms with Crippen LogP contribution in [0.5, 0.6) is 0 Å². The van der Waals surface area contributed by atoms with Crippen LogP contribution in [0, 0.1) is 19.7 Å². The highest BCUT2D eigenvalue weighted by molar-refractivity contribution is 5.95. The van der Waals surface area contributed by atoms with Crippen LogP contribution in [0.2, 0.25) is 0 Å². The maximum Gasteiger partial charge on any atom is 0.253 e. The van der Waals surface area contributed by atoms with E-state index < -0.39 is 6.10 Å². The van der Waals surface area contributed by atoms with Crippen LogP contribution in [-0.4, -0.2) is 22.1 Å². The standard InChI is InChI=1S/C19H19FN2O3/c1-12-9-16(13(2)22(12)15-6-3-5-14(20)10-15)19(24)21-11-17(23)18-7-4-8-25-18/h3-10,17,23H,11H2,1-2H3,(H,21,24). The van der Waals surface area contributed by atoms with Crippen LogP contribution in [0.3, 0.4) is 0 Å². The molecule has 0 bridgehead atoms. The van der Waals surface area contributed by atoms with Crippen molar-refractivity contribution in [2.45, 2.75) is 20.0 Å². The van der Waals surface area contributed by atoms with Gasteiger partial charge in [-0.1, -0.05) is 6.07 Å². The van der Waals surface area contributed by atoms with Gasteiger partial charge in [-0.05, 0) is 50.2 Å². The van der Waals surface area contributed by atoms with E-state index in [1.807, 2.05) is 11.5 Å². The van der Waals surface area contributed by atoms with Gasteiger partial charge in [-0.25, -0.2) is 4.39 Å². The largest absolute Gasteiger partial charge is 0.467 e. The van der Waals surface area contributed by atoms with E-state index in [0.29, 0.717) is 22.7 Å². The molecule has 130 valence electrons. The zero-order valence-corrected chi connectivity index (χ0v) is 14.0. The molecule has 0 fully saturated rings. The van der Waals surface area contributed by atoms with Crippen LogP contribution in [-0.2, 0) is 0 Å². The Labute approximate surface area is 144 Å². The third-order valence-corrected chi connectivity index (χ3v) is 4.07. The van der Waals surface area contributed by atoms with Crippen molar-refractivity contribution < 1.29 is 18.7 Å². The van der Waals surface area contributed by atoms with E-state index in [1.54, 1.807) is 37.3 Å². The first-order valence-corrected chi connectivity index (χ1v) is 7.92. The second kappa shape index (κ2) is 6.94. The third kappa shape index (κ3) is 3.49. The van der Waals surface area contributed by atoms with Crippen molar-refractivity contribution in [3.8, 4) is 5.69 Å². The molecule has 1 amide bonds. The first-order valence-electron chi connectivity index (χ1n) is 7.92. The highest BCUT2D eigenvalue weighted by Crippen LogP contribution is 2.21. The van der Waals surface area contributed by atoms with Gasteiger partial charge in [-0.2, -0.15) is 0 Å². The average Bonchev–Trinajstić information content (AvgIpc) is 3.21. The van der Waals surface area contributed by atoms with Gasteiger partial charge in [0.25, 0.3) is 5.91 Å². The van der Waals surface area contributed by atoms with Crippen LogP contribution >= 0.6 is 0 Å². The zero-order valence-electron chi connectivity index (χ0n) is 14.0. The Hall–Kier alpha value is -2.86. The van der Waals surface area contributed by atoms with E-state index in [2.05, 4.69) is 5.32 Å². The number of hydrogen-bond acceptors (Lipinski definition) is 3. The fraction of sp³-hybridized carbons (Fsp3) is 0.211. The monoisotopic (exact) mass is 342 g/mol. The smallest absolute Gasteiger partial charge is 0.253 e. The number of halogens is 1. The van der Waals surface area contributed by atoms with Crippen LogP contribution in [0.1, 0.15) is 33.6 Å². The molecule has 2 aromatic heterocycles. The minimum Gasteiger partial charge on any atom is -0.467 e. The summed E-state index contributed by atoms with van der Waals surface area (Å²) in [6.07, 6.45) is 0.554. The number of rotatable bonds is 5. The number of aromatic nitrogens is 1. The summed E-state index contributed by atoms with van der Waals surface area (Å²) < 4.78 is 20.4. The average molecular weight is 342 g/mol. The summed E-state index contributed by atoms with van der Waals surface area (Å²) in [6, 6.07) is 11.3. The predicted octanol–water partition coefficient (Wildman–Crippen LogP) is 3.29. The molecule has 0 spiro atoms. The minimum atomic E-state index is -0.911. The molecule has 1 aromatic carbocycles. The molecule has 0 radical (unpaired) electrons. The number of benzene rings is 1. The normalized spacial score (nSPS) is 12.2. The van der Waals surface area contributed by atoms with Crippen LogP contribution in [0.4, 0.5) is 4.39 Å². The number of aliphatic hydroxyl groups is 1. The maximum atomic E-state index is 13.5. The Kier molecular flexibility index (Phi) is 4.72. The van der Waals surface area contributed by atoms with Crippen molar-refractivity contribution in [2.24, 2.45) is 0 Å². The van der Waals surface area contributed by atoms with Gasteiger partial charge in [0.05, 0.1) is 18.4 Å². The SMILES string of the molecule is Cc1cc(C(=O)NCC(O)c2ccco2)c(C)n1-c1cccc(F)c1. The van der Waals surface area contributed by atoms with Gasteiger partial charge in [0.1, 0.15) is 17.7 Å². The molecule has 25 heavy (non-hydrogen) atoms. The molecule has 0 saturated heterocycles. The molecular formula is C19H19FN2O3. The molecule has 2 N–H and O–H groups in total. The van der Waals surface area contributed by atoms with Gasteiger partial charge >= 0.3 is 0 Å². The van der Waals surface area contributed by atoms with Gasteiger partial charge in [0, 0.05) is 17.1 Å². The number of furan rings is 1. The van der Waals surface area contributed by atoms with Crippen molar-refractivity contribution >= 4 is 5.91 Å². The first kappa shape index (κ1) is 17.0. The Balaban J connectivity index is 1.79. The Morgan fingerprint density at radius 2 is 2.08 bits per heavy atom. The molecule has 5 nitrogen and oxygen atoms in total. The maximum absolute atomic E-state index is 13.5. The van der Waals surface area contributed by atoms with E-state index in [0.717, 1.165) is 5.69 Å². The number of aryl methyl sites for hydroxylation is 1. The quantitative estimate of drug-likeness (QED) is 0.748. The molecule has 2 heterocycles. The topological polar surface area (TPSA) is 67.4 Å². The van der Waals surface area contributed by atoms with Gasteiger partial charge in [-0.3, -0.25) is 4.79 Å². The highest BCUT2D eigenvalue weighted by atomic mass is 19.1. The van der Waals surface area contributed by atoms with Gasteiger partial charge in [-0.15, -0.1) is 0 Å². The molecule has 1 atom stereocenters. The van der Waals surface area contributed by atoms with Crippen LogP contribution in [0.15, 0.2) is 53.1 Å². The fourth-order valence-corrected chi connectivity index (χ4v) is 2.87. The zero-order chi connectivity index (χ0) is 18.0. The van der Waals surface area contributed by atoms with Crippen molar-refractivity contribution in [3.05, 3.63) is 77.3 Å². The minimum absolute atomic E-state index is 0.0377. The lowest BCUT2D eigenvalue weighted by Crippen LogP contribution is -2.28. The molecule has 6 heteroatoms. The van der Waals surface area contributed by atoms with Crippen LogP contribution in [0.25, 0.3) is 5.69 Å². The number of aliphatic hydroxyl groups excluding tert-OH is 1. The summed E-state index contributed by atoms with van der Waals surface area (Å²) in [5.74, 6) is -0.246. The van der Waals surface area contributed by atoms with E-state index in [4.69, 9.17) is 4.42 Å². The number of nitrogens with zero attached hydrogens (tertiary/aromatic N) is 1. The first-order chi connectivity index (χ1) is 12.0. The summed E-state index contributed by atoms with van der Waals surface area (Å²) in [5.41, 5.74) is 2.66. The van der Waals surface area contributed by atoms with Crippen molar-refractivity contribution in [3.63, 3.8) is 0 Å². The summed E-state index contributed by atoms with van der Waals surface area (Å²) in [5, 5.41) is 12.7. The van der Waals surface area contributed by atoms with E-state index in [-0.39, 0.29) is 18.3 Å². The Morgan fingerprint density at radius 1 is 1.28 bits per heavy atom. The molecule has 0 saturated carbocycles. The molecule has 0 aliphatic heterocycles. The lowest BCUT2D eigenvalue weighted by Gasteiger charge is -2.11. The van der Waals surface area contributed by atoms with Gasteiger partial charge < -0.3 is 19.4 Å². The molecule has 0 aliphatic rings. The molecule has 0 aliphatic carbocycles. The van der Waals surface area contributed by atoms with E-state index >= 15 is 0 Å². The summed E-state index contributed by atoms with van der Waals surface area (Å²) in [7, 11) is 0. The second-order valence-corrected chi connectivity index (χ2v) is 5.84. The fourth-order valence-electron chi connectivity index (χ4n) is 2.87. The van der Waals surface area contributed by atoms with Gasteiger partial charge in [0.15, 0.2) is 0 Å². The summed E-state index contributed by atoms with van der Waals surface area (Å²) >= 11 is 0. The van der Waals surface area contributed by atoms with Gasteiger partial charge in [0.2, 0.25) is 0 Å². The number of carbonyl (C=O) groups excluding carboxylic acids is 1. The summed E-state index contributed by atoms with van der Waals surface area (Å²) in [4.78, 5) is 12.5. The van der Waals surface area contributed by atoms with Crippen LogP contribution < -0.4 is 5.32 Å². The molecule has 3 rings (SSSR count).